The molecule has 1 unspecified atom stereocenters. The largest absolute Gasteiger partial charge is 0.352 e. The van der Waals surface area contributed by atoms with Gasteiger partial charge >= 0.3 is 0 Å². The summed E-state index contributed by atoms with van der Waals surface area (Å²) < 4.78 is 1.57. The number of carbonyl (C=O) groups excluding carboxylic acids is 1. The Bertz CT molecular complexity index is 1070. The highest BCUT2D eigenvalue weighted by Gasteiger charge is 2.22. The summed E-state index contributed by atoms with van der Waals surface area (Å²) in [6.45, 7) is 1.81. The zero-order chi connectivity index (χ0) is 19.7. The summed E-state index contributed by atoms with van der Waals surface area (Å²) in [6.07, 6.45) is 5.86. The van der Waals surface area contributed by atoms with E-state index < -0.39 is 0 Å². The molecular formula is C19H20ClN5O2S. The molecule has 7 nitrogen and oxygen atoms in total. The highest BCUT2D eigenvalue weighted by atomic mass is 35.5. The Morgan fingerprint density at radius 2 is 2.18 bits per heavy atom. The molecule has 9 heteroatoms. The Hall–Kier alpha value is -2.32. The van der Waals surface area contributed by atoms with Crippen molar-refractivity contribution >= 4 is 40.3 Å². The predicted molar refractivity (Wildman–Crippen MR) is 110 cm³/mol. The topological polar surface area (TPSA) is 92.7 Å². The molecule has 0 bridgehead atoms. The molecule has 4 rings (SSSR count). The lowest BCUT2D eigenvalue weighted by Crippen LogP contribution is -2.37. The highest BCUT2D eigenvalue weighted by molar-refractivity contribution is 8.00. The summed E-state index contributed by atoms with van der Waals surface area (Å²) in [5.74, 6) is -0.0389. The van der Waals surface area contributed by atoms with Crippen molar-refractivity contribution in [1.29, 1.82) is 0 Å². The SMILES string of the molecule is CC(Sc1nc2c(cnn2-c2cccc(Cl)c2)c(=O)[nH]1)C(=O)NC1CCCC1. The Balaban J connectivity index is 1.60. The third-order valence-corrected chi connectivity index (χ3v) is 6.05. The Morgan fingerprint density at radius 3 is 2.93 bits per heavy atom. The molecule has 3 aromatic rings. The second-order valence-electron chi connectivity index (χ2n) is 6.89. The molecule has 1 amide bonds. The lowest BCUT2D eigenvalue weighted by molar-refractivity contribution is -0.120. The number of hydrogen-bond donors (Lipinski definition) is 2. The van der Waals surface area contributed by atoms with Crippen molar-refractivity contribution in [3.8, 4) is 5.69 Å². The van der Waals surface area contributed by atoms with E-state index in [-0.39, 0.29) is 22.8 Å². The number of amides is 1. The van der Waals surface area contributed by atoms with E-state index in [9.17, 15) is 9.59 Å². The average Bonchev–Trinajstić information content (AvgIpc) is 3.31. The van der Waals surface area contributed by atoms with Crippen molar-refractivity contribution in [3.05, 3.63) is 45.8 Å². The van der Waals surface area contributed by atoms with E-state index >= 15 is 0 Å². The lowest BCUT2D eigenvalue weighted by Gasteiger charge is -2.15. The van der Waals surface area contributed by atoms with E-state index in [4.69, 9.17) is 11.6 Å². The molecule has 2 aromatic heterocycles. The summed E-state index contributed by atoms with van der Waals surface area (Å²) in [6, 6.07) is 7.42. The maximum absolute atomic E-state index is 12.5. The van der Waals surface area contributed by atoms with E-state index in [0.717, 1.165) is 25.7 Å². The third kappa shape index (κ3) is 3.93. The first-order valence-corrected chi connectivity index (χ1v) is 10.5. The molecule has 0 spiro atoms. The normalized spacial score (nSPS) is 15.8. The van der Waals surface area contributed by atoms with Crippen molar-refractivity contribution in [2.45, 2.75) is 49.1 Å². The van der Waals surface area contributed by atoms with Crippen molar-refractivity contribution < 1.29 is 4.79 Å². The summed E-state index contributed by atoms with van der Waals surface area (Å²) in [5.41, 5.74) is 0.852. The summed E-state index contributed by atoms with van der Waals surface area (Å²) >= 11 is 7.30. The van der Waals surface area contributed by atoms with Crippen LogP contribution in [0.1, 0.15) is 32.6 Å². The molecule has 1 saturated carbocycles. The fourth-order valence-corrected chi connectivity index (χ4v) is 4.35. The predicted octanol–water partition coefficient (Wildman–Crippen LogP) is 3.30. The average molecular weight is 418 g/mol. The first kappa shape index (κ1) is 19.0. The van der Waals surface area contributed by atoms with Crippen LogP contribution < -0.4 is 10.9 Å². The molecular weight excluding hydrogens is 398 g/mol. The van der Waals surface area contributed by atoms with E-state index in [1.807, 2.05) is 19.1 Å². The molecule has 0 saturated heterocycles. The number of hydrogen-bond acceptors (Lipinski definition) is 5. The van der Waals surface area contributed by atoms with Crippen LogP contribution in [0.25, 0.3) is 16.7 Å². The molecule has 146 valence electrons. The van der Waals surface area contributed by atoms with Gasteiger partial charge in [0.25, 0.3) is 5.56 Å². The minimum Gasteiger partial charge on any atom is -0.352 e. The standard InChI is InChI=1S/C19H20ClN5O2S/c1-11(17(26)22-13-6-2-3-7-13)28-19-23-16-15(18(27)24-19)10-21-25(16)14-8-4-5-12(20)9-14/h4-5,8-11,13H,2-3,6-7H2,1H3,(H,22,26)(H,23,24,27). The number of halogens is 1. The maximum Gasteiger partial charge on any atom is 0.262 e. The van der Waals surface area contributed by atoms with Crippen LogP contribution in [0.5, 0.6) is 0 Å². The molecule has 2 heterocycles. The summed E-state index contributed by atoms with van der Waals surface area (Å²) in [5, 5.41) is 8.32. The summed E-state index contributed by atoms with van der Waals surface area (Å²) in [7, 11) is 0. The Kier molecular flexibility index (Phi) is 5.41. The number of thioether (sulfide) groups is 1. The highest BCUT2D eigenvalue weighted by Crippen LogP contribution is 2.24. The number of nitrogens with zero attached hydrogens (tertiary/aromatic N) is 3. The van der Waals surface area contributed by atoms with Gasteiger partial charge in [0.15, 0.2) is 10.8 Å². The van der Waals surface area contributed by atoms with Crippen molar-refractivity contribution in [2.75, 3.05) is 0 Å². The van der Waals surface area contributed by atoms with Crippen molar-refractivity contribution in [2.24, 2.45) is 0 Å². The Labute approximate surface area is 170 Å². The van der Waals surface area contributed by atoms with Crippen LogP contribution in [0.15, 0.2) is 40.4 Å². The quantitative estimate of drug-likeness (QED) is 0.490. The molecule has 1 aliphatic carbocycles. The van der Waals surface area contributed by atoms with E-state index in [0.29, 0.717) is 26.9 Å². The number of carbonyl (C=O) groups is 1. The van der Waals surface area contributed by atoms with Gasteiger partial charge in [-0.25, -0.2) is 9.67 Å². The summed E-state index contributed by atoms with van der Waals surface area (Å²) in [4.78, 5) is 32.2. The number of H-pyrrole nitrogens is 1. The minimum atomic E-state index is -0.372. The number of benzene rings is 1. The van der Waals surface area contributed by atoms with E-state index in [1.165, 1.54) is 18.0 Å². The van der Waals surface area contributed by atoms with Crippen molar-refractivity contribution in [3.63, 3.8) is 0 Å². The maximum atomic E-state index is 12.5. The van der Waals surface area contributed by atoms with Gasteiger partial charge in [-0.15, -0.1) is 0 Å². The minimum absolute atomic E-state index is 0.0389. The van der Waals surface area contributed by atoms with Gasteiger partial charge in [0, 0.05) is 11.1 Å². The van der Waals surface area contributed by atoms with Crippen LogP contribution >= 0.6 is 23.4 Å². The fraction of sp³-hybridized carbons (Fsp3) is 0.368. The number of aromatic nitrogens is 4. The molecule has 2 N–H and O–H groups in total. The molecule has 28 heavy (non-hydrogen) atoms. The van der Waals surface area contributed by atoms with Gasteiger partial charge in [-0.2, -0.15) is 5.10 Å². The van der Waals surface area contributed by atoms with Crippen LogP contribution in [0.4, 0.5) is 0 Å². The zero-order valence-corrected chi connectivity index (χ0v) is 16.9. The van der Waals surface area contributed by atoms with E-state index in [1.54, 1.807) is 16.8 Å². The molecule has 1 fully saturated rings. The van der Waals surface area contributed by atoms with Gasteiger partial charge in [-0.1, -0.05) is 42.3 Å². The number of rotatable bonds is 5. The van der Waals surface area contributed by atoms with Gasteiger partial charge < -0.3 is 10.3 Å². The first-order valence-electron chi connectivity index (χ1n) is 9.22. The fourth-order valence-electron chi connectivity index (χ4n) is 3.36. The van der Waals surface area contributed by atoms with Crippen LogP contribution in [0.2, 0.25) is 5.02 Å². The smallest absolute Gasteiger partial charge is 0.262 e. The number of nitrogens with one attached hydrogen (secondary N) is 2. The van der Waals surface area contributed by atoms with Gasteiger partial charge in [0.1, 0.15) is 5.39 Å². The molecule has 1 aromatic carbocycles. The van der Waals surface area contributed by atoms with Crippen LogP contribution in [-0.4, -0.2) is 36.9 Å². The van der Waals surface area contributed by atoms with Gasteiger partial charge in [-0.3, -0.25) is 9.59 Å². The molecule has 0 aliphatic heterocycles. The van der Waals surface area contributed by atoms with Crippen molar-refractivity contribution in [1.82, 2.24) is 25.1 Å². The van der Waals surface area contributed by atoms with Gasteiger partial charge in [0.2, 0.25) is 5.91 Å². The molecule has 1 atom stereocenters. The number of aromatic amines is 1. The first-order chi connectivity index (χ1) is 13.5. The van der Waals surface area contributed by atoms with Crippen LogP contribution in [0, 0.1) is 0 Å². The second kappa shape index (κ2) is 7.97. The molecule has 0 radical (unpaired) electrons. The van der Waals surface area contributed by atoms with Crippen LogP contribution in [-0.2, 0) is 4.79 Å². The van der Waals surface area contributed by atoms with Gasteiger partial charge in [-0.05, 0) is 38.0 Å². The Morgan fingerprint density at radius 1 is 1.39 bits per heavy atom. The number of fused-ring (bicyclic) bond motifs is 1. The lowest BCUT2D eigenvalue weighted by atomic mass is 10.2. The van der Waals surface area contributed by atoms with Crippen LogP contribution in [0.3, 0.4) is 0 Å². The third-order valence-electron chi connectivity index (χ3n) is 4.83. The molecule has 1 aliphatic rings. The van der Waals surface area contributed by atoms with E-state index in [2.05, 4.69) is 20.4 Å². The van der Waals surface area contributed by atoms with Gasteiger partial charge in [0.05, 0.1) is 17.1 Å². The monoisotopic (exact) mass is 417 g/mol. The second-order valence-corrected chi connectivity index (χ2v) is 8.66. The zero-order valence-electron chi connectivity index (χ0n) is 15.3.